The van der Waals surface area contributed by atoms with Crippen LogP contribution in [0, 0.1) is 5.82 Å². The molecule has 0 spiro atoms. The van der Waals surface area contributed by atoms with Gasteiger partial charge in [0.1, 0.15) is 18.2 Å². The van der Waals surface area contributed by atoms with Crippen molar-refractivity contribution in [3.63, 3.8) is 0 Å². The Hall–Kier alpha value is -2.13. The quantitative estimate of drug-likeness (QED) is 0.456. The first-order chi connectivity index (χ1) is 14.9. The molecule has 6 nitrogen and oxygen atoms in total. The van der Waals surface area contributed by atoms with E-state index in [0.717, 1.165) is 16.3 Å². The number of halogens is 2. The van der Waals surface area contributed by atoms with Crippen molar-refractivity contribution in [3.05, 3.63) is 58.3 Å². The highest BCUT2D eigenvalue weighted by molar-refractivity contribution is 9.10. The molecule has 0 aliphatic heterocycles. The third-order valence-corrected chi connectivity index (χ3v) is 6.43. The molecule has 1 amide bonds. The first-order valence-corrected chi connectivity index (χ1v) is 12.9. The van der Waals surface area contributed by atoms with Gasteiger partial charge in [-0.05, 0) is 47.7 Å². The molecule has 2 aromatic rings. The number of hydrogen-bond donors (Lipinski definition) is 1. The van der Waals surface area contributed by atoms with E-state index in [2.05, 4.69) is 42.0 Å². The second-order valence-corrected chi connectivity index (χ2v) is 11.3. The zero-order chi connectivity index (χ0) is 23.9. The van der Waals surface area contributed by atoms with Gasteiger partial charge in [0.25, 0.3) is 0 Å². The van der Waals surface area contributed by atoms with Crippen LogP contribution in [0.2, 0.25) is 0 Å². The summed E-state index contributed by atoms with van der Waals surface area (Å²) in [5.74, 6) is -0.143. The molecule has 0 bridgehead atoms. The van der Waals surface area contributed by atoms with Crippen LogP contribution in [-0.4, -0.2) is 40.3 Å². The summed E-state index contributed by atoms with van der Waals surface area (Å²) in [6, 6.07) is 12.0. The van der Waals surface area contributed by atoms with Crippen molar-refractivity contribution in [2.24, 2.45) is 0 Å². The van der Waals surface area contributed by atoms with Crippen molar-refractivity contribution < 1.29 is 22.3 Å². The second kappa shape index (κ2) is 11.1. The molecule has 0 heterocycles. The number of carbonyl (C=O) groups is 1. The first-order valence-electron chi connectivity index (χ1n) is 10.3. The molecule has 2 rings (SSSR count). The van der Waals surface area contributed by atoms with Gasteiger partial charge in [-0.1, -0.05) is 48.8 Å². The minimum atomic E-state index is -3.69. The minimum absolute atomic E-state index is 0.00142. The van der Waals surface area contributed by atoms with Crippen LogP contribution in [0.1, 0.15) is 39.2 Å². The predicted octanol–water partition coefficient (Wildman–Crippen LogP) is 4.63. The maximum absolute atomic E-state index is 14.2. The number of rotatable bonds is 10. The van der Waals surface area contributed by atoms with E-state index in [0.29, 0.717) is 17.6 Å². The molecule has 32 heavy (non-hydrogen) atoms. The Morgan fingerprint density at radius 3 is 2.38 bits per heavy atom. The SMILES string of the molecule is CC(C)(C)c1ccc(OCCNC(=O)CCCN(c2ccc(Br)cc2F)S(C)(=O)=O)cc1. The zero-order valence-electron chi connectivity index (χ0n) is 18.8. The Labute approximate surface area is 198 Å². The molecule has 0 aliphatic carbocycles. The van der Waals surface area contributed by atoms with E-state index in [1.807, 2.05) is 24.3 Å². The maximum atomic E-state index is 14.2. The third-order valence-electron chi connectivity index (χ3n) is 4.76. The molecule has 0 unspecified atom stereocenters. The molecule has 9 heteroatoms. The molecule has 176 valence electrons. The smallest absolute Gasteiger partial charge is 0.232 e. The fourth-order valence-electron chi connectivity index (χ4n) is 3.03. The molecule has 0 atom stereocenters. The Kier molecular flexibility index (Phi) is 9.09. The van der Waals surface area contributed by atoms with Gasteiger partial charge in [0, 0.05) is 17.4 Å². The highest BCUT2D eigenvalue weighted by Gasteiger charge is 2.21. The number of sulfonamides is 1. The standard InChI is InChI=1S/C23H30BrFN2O4S/c1-23(2,3)17-7-10-19(11-8-17)31-15-13-26-22(28)6-5-14-27(32(4,29)30)21-12-9-18(24)16-20(21)25/h7-12,16H,5-6,13-15H2,1-4H3,(H,26,28). The van der Waals surface area contributed by atoms with Crippen molar-refractivity contribution in [2.45, 2.75) is 39.0 Å². The molecule has 0 radical (unpaired) electrons. The summed E-state index contributed by atoms with van der Waals surface area (Å²) in [5.41, 5.74) is 1.24. The Morgan fingerprint density at radius 1 is 1.16 bits per heavy atom. The summed E-state index contributed by atoms with van der Waals surface area (Å²) in [6.45, 7) is 7.08. The Balaban J connectivity index is 1.77. The lowest BCUT2D eigenvalue weighted by Crippen LogP contribution is -2.33. The molecule has 0 aliphatic rings. The average molecular weight is 529 g/mol. The lowest BCUT2D eigenvalue weighted by molar-refractivity contribution is -0.121. The molecule has 0 saturated carbocycles. The largest absolute Gasteiger partial charge is 0.492 e. The van der Waals surface area contributed by atoms with E-state index in [9.17, 15) is 17.6 Å². The molecular weight excluding hydrogens is 499 g/mol. The monoisotopic (exact) mass is 528 g/mol. The number of nitrogens with one attached hydrogen (secondary N) is 1. The van der Waals surface area contributed by atoms with E-state index >= 15 is 0 Å². The third kappa shape index (κ3) is 8.09. The van der Waals surface area contributed by atoms with Gasteiger partial charge in [0.15, 0.2) is 0 Å². The molecule has 0 aromatic heterocycles. The van der Waals surface area contributed by atoms with E-state index in [4.69, 9.17) is 4.74 Å². The summed E-state index contributed by atoms with van der Waals surface area (Å²) >= 11 is 3.15. The number of amides is 1. The van der Waals surface area contributed by atoms with Crippen molar-refractivity contribution in [1.82, 2.24) is 5.32 Å². The van der Waals surface area contributed by atoms with Gasteiger partial charge in [-0.25, -0.2) is 12.8 Å². The van der Waals surface area contributed by atoms with Gasteiger partial charge in [0.05, 0.1) is 18.5 Å². The van der Waals surface area contributed by atoms with Crippen LogP contribution in [0.25, 0.3) is 0 Å². The number of hydrogen-bond acceptors (Lipinski definition) is 4. The Morgan fingerprint density at radius 2 is 1.81 bits per heavy atom. The fraction of sp³-hybridized carbons (Fsp3) is 0.435. The maximum Gasteiger partial charge on any atom is 0.232 e. The van der Waals surface area contributed by atoms with Crippen molar-refractivity contribution >= 4 is 37.5 Å². The van der Waals surface area contributed by atoms with Gasteiger partial charge in [-0.3, -0.25) is 9.10 Å². The van der Waals surface area contributed by atoms with Crippen LogP contribution in [0.15, 0.2) is 46.9 Å². The highest BCUT2D eigenvalue weighted by Crippen LogP contribution is 2.26. The summed E-state index contributed by atoms with van der Waals surface area (Å²) in [7, 11) is -3.69. The van der Waals surface area contributed by atoms with Gasteiger partial charge < -0.3 is 10.1 Å². The Bertz CT molecular complexity index is 1020. The van der Waals surface area contributed by atoms with Gasteiger partial charge in [-0.2, -0.15) is 0 Å². The average Bonchev–Trinajstić information content (AvgIpc) is 2.68. The molecule has 2 aromatic carbocycles. The van der Waals surface area contributed by atoms with Crippen LogP contribution in [-0.2, 0) is 20.2 Å². The lowest BCUT2D eigenvalue weighted by atomic mass is 9.87. The molecular formula is C23H30BrFN2O4S. The first kappa shape index (κ1) is 26.1. The van der Waals surface area contributed by atoms with Gasteiger partial charge >= 0.3 is 0 Å². The molecule has 0 saturated heterocycles. The van der Waals surface area contributed by atoms with Crippen LogP contribution >= 0.6 is 15.9 Å². The summed E-state index contributed by atoms with van der Waals surface area (Å²) in [6.07, 6.45) is 1.38. The van der Waals surface area contributed by atoms with Gasteiger partial charge in [-0.15, -0.1) is 0 Å². The zero-order valence-corrected chi connectivity index (χ0v) is 21.2. The number of benzene rings is 2. The summed E-state index contributed by atoms with van der Waals surface area (Å²) in [5, 5.41) is 2.75. The summed E-state index contributed by atoms with van der Waals surface area (Å²) < 4.78 is 45.5. The number of carbonyl (C=O) groups excluding carboxylic acids is 1. The van der Waals surface area contributed by atoms with E-state index in [-0.39, 0.29) is 36.4 Å². The van der Waals surface area contributed by atoms with Gasteiger partial charge in [0.2, 0.25) is 15.9 Å². The van der Waals surface area contributed by atoms with E-state index in [1.165, 1.54) is 17.7 Å². The summed E-state index contributed by atoms with van der Waals surface area (Å²) in [4.78, 5) is 12.1. The predicted molar refractivity (Wildman–Crippen MR) is 129 cm³/mol. The lowest BCUT2D eigenvalue weighted by Gasteiger charge is -2.23. The number of nitrogens with zero attached hydrogens (tertiary/aromatic N) is 1. The normalized spacial score (nSPS) is 11.8. The van der Waals surface area contributed by atoms with Crippen molar-refractivity contribution in [3.8, 4) is 5.75 Å². The second-order valence-electron chi connectivity index (χ2n) is 8.51. The van der Waals surface area contributed by atoms with E-state index in [1.54, 1.807) is 6.07 Å². The van der Waals surface area contributed by atoms with Crippen LogP contribution in [0.4, 0.5) is 10.1 Å². The fourth-order valence-corrected chi connectivity index (χ4v) is 4.33. The van der Waals surface area contributed by atoms with Crippen LogP contribution < -0.4 is 14.4 Å². The molecule has 1 N–H and O–H groups in total. The van der Waals surface area contributed by atoms with Crippen molar-refractivity contribution in [1.29, 1.82) is 0 Å². The van der Waals surface area contributed by atoms with Crippen LogP contribution in [0.3, 0.4) is 0 Å². The topological polar surface area (TPSA) is 75.7 Å². The van der Waals surface area contributed by atoms with Crippen LogP contribution in [0.5, 0.6) is 5.75 Å². The number of ether oxygens (including phenoxy) is 1. The molecule has 0 fully saturated rings. The highest BCUT2D eigenvalue weighted by atomic mass is 79.9. The minimum Gasteiger partial charge on any atom is -0.492 e. The van der Waals surface area contributed by atoms with E-state index < -0.39 is 15.8 Å². The van der Waals surface area contributed by atoms with Crippen molar-refractivity contribution in [2.75, 3.05) is 30.3 Å². The number of anilines is 1.